The van der Waals surface area contributed by atoms with Crippen molar-refractivity contribution in [2.45, 2.75) is 37.5 Å². The Morgan fingerprint density at radius 1 is 0.931 bits per heavy atom. The zero-order valence-electron chi connectivity index (χ0n) is 15.7. The predicted octanol–water partition coefficient (Wildman–Crippen LogP) is 4.85. The highest BCUT2D eigenvalue weighted by molar-refractivity contribution is 7.85. The van der Waals surface area contributed by atoms with Crippen LogP contribution in [-0.2, 0) is 10.1 Å². The maximum Gasteiger partial charge on any atom is 0.300 e. The summed E-state index contributed by atoms with van der Waals surface area (Å²) in [6.07, 6.45) is 1.12. The van der Waals surface area contributed by atoms with E-state index in [1.165, 1.54) is 0 Å². The Kier molecular flexibility index (Phi) is 7.48. The van der Waals surface area contributed by atoms with E-state index in [1.54, 1.807) is 12.1 Å². The molecule has 2 aromatic carbocycles. The fourth-order valence-electron chi connectivity index (χ4n) is 2.50. The second kappa shape index (κ2) is 9.45. The average molecular weight is 436 g/mol. The van der Waals surface area contributed by atoms with Gasteiger partial charge in [0.15, 0.2) is 22.3 Å². The first-order chi connectivity index (χ1) is 13.6. The minimum absolute atomic E-state index is 0.0972. The Balaban J connectivity index is 1.96. The topological polar surface area (TPSA) is 72.8 Å². The Hall–Kier alpha value is -2.33. The fraction of sp³-hybridized carbons (Fsp3) is 0.368. The van der Waals surface area contributed by atoms with Gasteiger partial charge in [-0.2, -0.15) is 17.2 Å². The van der Waals surface area contributed by atoms with Gasteiger partial charge in [-0.1, -0.05) is 26.0 Å². The summed E-state index contributed by atoms with van der Waals surface area (Å²) in [6, 6.07) is 7.40. The van der Waals surface area contributed by atoms with Gasteiger partial charge in [0, 0.05) is 6.42 Å². The van der Waals surface area contributed by atoms with E-state index in [0.717, 1.165) is 12.0 Å². The lowest BCUT2D eigenvalue weighted by Gasteiger charge is -2.13. The van der Waals surface area contributed by atoms with Crippen molar-refractivity contribution in [2.24, 2.45) is 0 Å². The Morgan fingerprint density at radius 3 is 1.93 bits per heavy atom. The second-order valence-corrected chi connectivity index (χ2v) is 7.68. The van der Waals surface area contributed by atoms with Crippen LogP contribution in [0.1, 0.15) is 38.2 Å². The van der Waals surface area contributed by atoms with Gasteiger partial charge in [0.25, 0.3) is 0 Å². The molecule has 1 atom stereocenters. The first-order valence-electron chi connectivity index (χ1n) is 8.76. The summed E-state index contributed by atoms with van der Waals surface area (Å²) < 4.78 is 95.7. The molecule has 10 heteroatoms. The van der Waals surface area contributed by atoms with Crippen molar-refractivity contribution in [3.05, 3.63) is 53.1 Å². The normalized spacial score (nSPS) is 12.7. The molecular weight excluding hydrogens is 416 g/mol. The number of benzene rings is 2. The summed E-state index contributed by atoms with van der Waals surface area (Å²) in [6.45, 7) is 3.91. The van der Waals surface area contributed by atoms with Gasteiger partial charge < -0.3 is 9.47 Å². The van der Waals surface area contributed by atoms with E-state index in [0.29, 0.717) is 11.7 Å². The van der Waals surface area contributed by atoms with Crippen LogP contribution in [0, 0.1) is 23.3 Å². The molecule has 0 radical (unpaired) electrons. The molecule has 0 saturated carbocycles. The Morgan fingerprint density at radius 2 is 1.45 bits per heavy atom. The van der Waals surface area contributed by atoms with Gasteiger partial charge >= 0.3 is 10.1 Å². The van der Waals surface area contributed by atoms with Gasteiger partial charge in [-0.15, -0.1) is 0 Å². The lowest BCUT2D eigenvalue weighted by atomic mass is 9.99. The SMILES string of the molecule is CCC(C)c1ccc(OCCCOc2c(F)c(F)c(S(=O)(=O)O)c(F)c2F)cc1. The van der Waals surface area contributed by atoms with Crippen molar-refractivity contribution < 1.29 is 40.0 Å². The third-order valence-corrected chi connectivity index (χ3v) is 5.18. The standard InChI is InChI=1S/C19H20F4O5S/c1-3-11(2)12-5-7-13(8-6-12)27-9-4-10-28-18-14(20)16(22)19(29(24,25)26)17(23)15(18)21/h5-8,11H,3-4,9-10H2,1-2H3,(H,24,25,26). The molecule has 29 heavy (non-hydrogen) atoms. The van der Waals surface area contributed by atoms with E-state index < -0.39 is 44.0 Å². The highest BCUT2D eigenvalue weighted by atomic mass is 32.2. The molecule has 0 amide bonds. The summed E-state index contributed by atoms with van der Waals surface area (Å²) in [4.78, 5) is -2.11. The van der Waals surface area contributed by atoms with Crippen molar-refractivity contribution in [3.63, 3.8) is 0 Å². The molecule has 0 aromatic heterocycles. The number of rotatable bonds is 9. The first-order valence-corrected chi connectivity index (χ1v) is 10.2. The molecule has 2 rings (SSSR count). The van der Waals surface area contributed by atoms with Crippen LogP contribution >= 0.6 is 0 Å². The van der Waals surface area contributed by atoms with E-state index >= 15 is 0 Å². The molecule has 0 saturated heterocycles. The number of hydrogen-bond donors (Lipinski definition) is 1. The molecular formula is C19H20F4O5S. The molecule has 0 aliphatic rings. The zero-order chi connectivity index (χ0) is 21.8. The molecule has 1 N–H and O–H groups in total. The highest BCUT2D eigenvalue weighted by Crippen LogP contribution is 2.32. The van der Waals surface area contributed by atoms with E-state index in [4.69, 9.17) is 14.0 Å². The van der Waals surface area contributed by atoms with E-state index in [1.807, 2.05) is 12.1 Å². The molecule has 160 valence electrons. The van der Waals surface area contributed by atoms with Crippen molar-refractivity contribution in [1.82, 2.24) is 0 Å². The molecule has 0 spiro atoms. The smallest absolute Gasteiger partial charge is 0.300 e. The molecule has 1 unspecified atom stereocenters. The van der Waals surface area contributed by atoms with Gasteiger partial charge in [0.2, 0.25) is 11.6 Å². The zero-order valence-corrected chi connectivity index (χ0v) is 16.5. The van der Waals surface area contributed by atoms with Crippen LogP contribution in [0.25, 0.3) is 0 Å². The van der Waals surface area contributed by atoms with Gasteiger partial charge in [-0.3, -0.25) is 4.55 Å². The average Bonchev–Trinajstić information content (AvgIpc) is 2.67. The van der Waals surface area contributed by atoms with Gasteiger partial charge in [-0.05, 0) is 30.0 Å². The quantitative estimate of drug-likeness (QED) is 0.263. The lowest BCUT2D eigenvalue weighted by molar-refractivity contribution is 0.226. The van der Waals surface area contributed by atoms with Crippen molar-refractivity contribution >= 4 is 10.1 Å². The van der Waals surface area contributed by atoms with Crippen LogP contribution in [0.3, 0.4) is 0 Å². The van der Waals surface area contributed by atoms with Gasteiger partial charge in [-0.25, -0.2) is 8.78 Å². The minimum atomic E-state index is -5.50. The summed E-state index contributed by atoms with van der Waals surface area (Å²) in [5.74, 6) is -9.07. The second-order valence-electron chi connectivity index (χ2n) is 6.32. The molecule has 0 bridgehead atoms. The summed E-state index contributed by atoms with van der Waals surface area (Å²) >= 11 is 0. The van der Waals surface area contributed by atoms with Crippen molar-refractivity contribution in [1.29, 1.82) is 0 Å². The van der Waals surface area contributed by atoms with Crippen LogP contribution in [-0.4, -0.2) is 26.2 Å². The largest absolute Gasteiger partial charge is 0.493 e. The van der Waals surface area contributed by atoms with Crippen LogP contribution in [0.2, 0.25) is 0 Å². The number of hydrogen-bond acceptors (Lipinski definition) is 4. The lowest BCUT2D eigenvalue weighted by Crippen LogP contribution is -2.13. The molecule has 0 aliphatic carbocycles. The Labute approximate surface area is 166 Å². The maximum absolute atomic E-state index is 13.8. The number of halogens is 4. The number of ether oxygens (including phenoxy) is 2. The van der Waals surface area contributed by atoms with Crippen LogP contribution in [0.15, 0.2) is 29.2 Å². The predicted molar refractivity (Wildman–Crippen MR) is 96.8 cm³/mol. The third-order valence-electron chi connectivity index (χ3n) is 4.31. The van der Waals surface area contributed by atoms with Crippen LogP contribution in [0.5, 0.6) is 11.5 Å². The van der Waals surface area contributed by atoms with Crippen molar-refractivity contribution in [2.75, 3.05) is 13.2 Å². The van der Waals surface area contributed by atoms with Crippen molar-refractivity contribution in [3.8, 4) is 11.5 Å². The molecule has 0 fully saturated rings. The van der Waals surface area contributed by atoms with E-state index in [9.17, 15) is 26.0 Å². The molecule has 0 aliphatic heterocycles. The minimum Gasteiger partial charge on any atom is -0.493 e. The first kappa shape index (κ1) is 23.0. The third kappa shape index (κ3) is 5.39. The summed E-state index contributed by atoms with van der Waals surface area (Å²) in [5, 5.41) is 0. The maximum atomic E-state index is 13.8. The monoisotopic (exact) mass is 436 g/mol. The summed E-state index contributed by atoms with van der Waals surface area (Å²) in [7, 11) is -5.50. The molecule has 5 nitrogen and oxygen atoms in total. The molecule has 0 heterocycles. The van der Waals surface area contributed by atoms with Crippen LogP contribution in [0.4, 0.5) is 17.6 Å². The van der Waals surface area contributed by atoms with E-state index in [-0.39, 0.29) is 19.6 Å². The van der Waals surface area contributed by atoms with E-state index in [2.05, 4.69) is 13.8 Å². The van der Waals surface area contributed by atoms with Crippen LogP contribution < -0.4 is 9.47 Å². The van der Waals surface area contributed by atoms with Gasteiger partial charge in [0.1, 0.15) is 5.75 Å². The summed E-state index contributed by atoms with van der Waals surface area (Å²) in [5.41, 5.74) is 1.16. The van der Waals surface area contributed by atoms with Gasteiger partial charge in [0.05, 0.1) is 13.2 Å². The fourth-order valence-corrected chi connectivity index (χ4v) is 3.13. The molecule has 2 aromatic rings. The highest BCUT2D eigenvalue weighted by Gasteiger charge is 2.33. The Bertz CT molecular complexity index is 933.